The van der Waals surface area contributed by atoms with Gasteiger partial charge in [-0.05, 0) is 44.2 Å². The molecule has 0 unspecified atom stereocenters. The second kappa shape index (κ2) is 8.96. The number of nitrogens with two attached hydrogens (primary N) is 1. The summed E-state index contributed by atoms with van der Waals surface area (Å²) < 4.78 is 26.4. The van der Waals surface area contributed by atoms with E-state index in [1.807, 2.05) is 0 Å². The number of hydrogen-bond donors (Lipinski definition) is 2. The van der Waals surface area contributed by atoms with Crippen LogP contribution in [-0.2, 0) is 0 Å². The summed E-state index contributed by atoms with van der Waals surface area (Å²) in [7, 11) is 0. The van der Waals surface area contributed by atoms with E-state index < -0.39 is 11.6 Å². The molecule has 1 aromatic rings. The van der Waals surface area contributed by atoms with Crippen LogP contribution in [0.5, 0.6) is 0 Å². The van der Waals surface area contributed by atoms with E-state index in [2.05, 4.69) is 16.4 Å². The van der Waals surface area contributed by atoms with E-state index in [9.17, 15) is 8.78 Å². The Morgan fingerprint density at radius 3 is 2.81 bits per heavy atom. The summed E-state index contributed by atoms with van der Waals surface area (Å²) >= 11 is 0. The van der Waals surface area contributed by atoms with Crippen LogP contribution in [0.4, 0.5) is 14.5 Å². The van der Waals surface area contributed by atoms with Crippen LogP contribution in [0.25, 0.3) is 0 Å². The highest BCUT2D eigenvalue weighted by molar-refractivity contribution is 14.0. The van der Waals surface area contributed by atoms with Gasteiger partial charge in [0.05, 0.1) is 5.69 Å². The number of aliphatic imine (C=N–C) groups is 1. The van der Waals surface area contributed by atoms with E-state index in [0.29, 0.717) is 6.54 Å². The molecule has 0 saturated heterocycles. The lowest BCUT2D eigenvalue weighted by Gasteiger charge is -2.11. The quantitative estimate of drug-likeness (QED) is 0.340. The van der Waals surface area contributed by atoms with Crippen molar-refractivity contribution >= 4 is 35.6 Å². The fourth-order valence-electron chi connectivity index (χ4n) is 2.22. The van der Waals surface area contributed by atoms with Crippen molar-refractivity contribution in [3.8, 4) is 0 Å². The van der Waals surface area contributed by atoms with E-state index >= 15 is 0 Å². The van der Waals surface area contributed by atoms with Gasteiger partial charge in [0.25, 0.3) is 0 Å². The molecule has 6 heteroatoms. The van der Waals surface area contributed by atoms with Gasteiger partial charge >= 0.3 is 0 Å². The topological polar surface area (TPSA) is 50.4 Å². The molecule has 0 aromatic heterocycles. The molecule has 21 heavy (non-hydrogen) atoms. The van der Waals surface area contributed by atoms with Gasteiger partial charge in [0, 0.05) is 12.6 Å². The number of anilines is 1. The Balaban J connectivity index is 0.00000220. The van der Waals surface area contributed by atoms with Gasteiger partial charge in [-0.3, -0.25) is 4.99 Å². The second-order valence-corrected chi connectivity index (χ2v) is 4.87. The number of rotatable bonds is 4. The van der Waals surface area contributed by atoms with Crippen LogP contribution >= 0.6 is 24.0 Å². The van der Waals surface area contributed by atoms with Crippen LogP contribution in [-0.4, -0.2) is 12.5 Å². The minimum absolute atomic E-state index is 0. The highest BCUT2D eigenvalue weighted by Gasteiger charge is 2.05. The first kappa shape index (κ1) is 17.9. The largest absolute Gasteiger partial charge is 0.370 e. The first-order valence-corrected chi connectivity index (χ1v) is 6.85. The predicted octanol–water partition coefficient (Wildman–Crippen LogP) is 4.20. The van der Waals surface area contributed by atoms with Crippen molar-refractivity contribution in [2.75, 3.05) is 11.9 Å². The van der Waals surface area contributed by atoms with Crippen molar-refractivity contribution < 1.29 is 8.78 Å². The lowest BCUT2D eigenvalue weighted by molar-refractivity contribution is 0.604. The number of hydrogen-bond acceptors (Lipinski definition) is 1. The zero-order chi connectivity index (χ0) is 14.4. The number of nitrogens with one attached hydrogen (secondary N) is 1. The fraction of sp³-hybridized carbons (Fsp3) is 0.400. The third-order valence-corrected chi connectivity index (χ3v) is 3.29. The molecule has 3 nitrogen and oxygen atoms in total. The minimum atomic E-state index is -0.556. The molecule has 0 spiro atoms. The molecule has 0 radical (unpaired) electrons. The molecule has 1 aliphatic carbocycles. The van der Waals surface area contributed by atoms with Crippen molar-refractivity contribution in [2.24, 2.45) is 10.7 Å². The van der Waals surface area contributed by atoms with E-state index in [1.165, 1.54) is 18.4 Å². The zero-order valence-electron chi connectivity index (χ0n) is 11.7. The van der Waals surface area contributed by atoms with Crippen LogP contribution < -0.4 is 11.1 Å². The lowest BCUT2D eigenvalue weighted by Crippen LogP contribution is -2.23. The maximum absolute atomic E-state index is 13.4. The van der Waals surface area contributed by atoms with Gasteiger partial charge in [0.15, 0.2) is 5.96 Å². The minimum Gasteiger partial charge on any atom is -0.370 e. The van der Waals surface area contributed by atoms with Gasteiger partial charge in [0.1, 0.15) is 11.6 Å². The predicted molar refractivity (Wildman–Crippen MR) is 93.1 cm³/mol. The fourth-order valence-corrected chi connectivity index (χ4v) is 2.22. The molecule has 0 amide bonds. The van der Waals surface area contributed by atoms with Crippen molar-refractivity contribution in [1.82, 2.24) is 0 Å². The number of nitrogens with zero attached hydrogens (tertiary/aromatic N) is 1. The average molecular weight is 407 g/mol. The molecule has 0 heterocycles. The summed E-state index contributed by atoms with van der Waals surface area (Å²) in [5.41, 5.74) is 7.08. The van der Waals surface area contributed by atoms with E-state index in [1.54, 1.807) is 0 Å². The van der Waals surface area contributed by atoms with Crippen LogP contribution in [0.15, 0.2) is 34.8 Å². The summed E-state index contributed by atoms with van der Waals surface area (Å²) in [6.45, 7) is 0.557. The lowest BCUT2D eigenvalue weighted by atomic mass is 9.97. The third kappa shape index (κ3) is 5.99. The SMILES string of the molecule is I.NC(=NCCC1=CCCCC1)Nc1cc(F)ccc1F. The Labute approximate surface area is 140 Å². The van der Waals surface area contributed by atoms with Crippen molar-refractivity contribution in [1.29, 1.82) is 0 Å². The molecule has 3 N–H and O–H groups in total. The molecular weight excluding hydrogens is 387 g/mol. The zero-order valence-corrected chi connectivity index (χ0v) is 14.1. The maximum atomic E-state index is 13.4. The molecule has 2 rings (SSSR count). The normalized spacial score (nSPS) is 15.1. The molecule has 0 aliphatic heterocycles. The molecule has 0 atom stereocenters. The van der Waals surface area contributed by atoms with E-state index in [0.717, 1.165) is 37.5 Å². The Morgan fingerprint density at radius 1 is 1.29 bits per heavy atom. The van der Waals surface area contributed by atoms with Gasteiger partial charge in [-0.2, -0.15) is 0 Å². The second-order valence-electron chi connectivity index (χ2n) is 4.87. The third-order valence-electron chi connectivity index (χ3n) is 3.29. The van der Waals surface area contributed by atoms with Gasteiger partial charge in [-0.1, -0.05) is 11.6 Å². The van der Waals surface area contributed by atoms with Crippen LogP contribution in [0.1, 0.15) is 32.1 Å². The molecule has 0 saturated carbocycles. The highest BCUT2D eigenvalue weighted by atomic mass is 127. The highest BCUT2D eigenvalue weighted by Crippen LogP contribution is 2.20. The van der Waals surface area contributed by atoms with Crippen molar-refractivity contribution in [3.63, 3.8) is 0 Å². The van der Waals surface area contributed by atoms with E-state index in [-0.39, 0.29) is 35.6 Å². The van der Waals surface area contributed by atoms with Crippen molar-refractivity contribution in [3.05, 3.63) is 41.5 Å². The number of benzene rings is 1. The summed E-state index contributed by atoms with van der Waals surface area (Å²) in [4.78, 5) is 4.14. The number of halogens is 3. The smallest absolute Gasteiger partial charge is 0.193 e. The molecule has 1 aliphatic rings. The van der Waals surface area contributed by atoms with Crippen molar-refractivity contribution in [2.45, 2.75) is 32.1 Å². The van der Waals surface area contributed by atoms with Gasteiger partial charge < -0.3 is 11.1 Å². The van der Waals surface area contributed by atoms with Gasteiger partial charge in [0.2, 0.25) is 0 Å². The maximum Gasteiger partial charge on any atom is 0.193 e. The summed E-state index contributed by atoms with van der Waals surface area (Å²) in [6, 6.07) is 3.17. The Hall–Kier alpha value is -1.18. The molecule has 0 fully saturated rings. The summed E-state index contributed by atoms with van der Waals surface area (Å²) in [6.07, 6.45) is 7.89. The first-order valence-electron chi connectivity index (χ1n) is 6.85. The monoisotopic (exact) mass is 407 g/mol. The van der Waals surface area contributed by atoms with Crippen LogP contribution in [0.2, 0.25) is 0 Å². The standard InChI is InChI=1S/C15H19F2N3.HI/c16-12-6-7-13(17)14(10-12)20-15(18)19-9-8-11-4-2-1-3-5-11;/h4,6-7,10H,1-3,5,8-9H2,(H3,18,19,20);1H. The van der Waals surface area contributed by atoms with Crippen LogP contribution in [0.3, 0.4) is 0 Å². The Morgan fingerprint density at radius 2 is 2.10 bits per heavy atom. The first-order chi connectivity index (χ1) is 9.65. The summed E-state index contributed by atoms with van der Waals surface area (Å²) in [5, 5.41) is 2.58. The van der Waals surface area contributed by atoms with Gasteiger partial charge in [-0.25, -0.2) is 8.78 Å². The molecule has 116 valence electrons. The average Bonchev–Trinajstić information content (AvgIpc) is 2.44. The number of guanidine groups is 1. The van der Waals surface area contributed by atoms with Crippen LogP contribution in [0, 0.1) is 11.6 Å². The summed E-state index contributed by atoms with van der Waals surface area (Å²) in [5.74, 6) is -0.973. The Kier molecular flexibility index (Phi) is 7.63. The Bertz CT molecular complexity index is 530. The molecule has 0 bridgehead atoms. The van der Waals surface area contributed by atoms with E-state index in [4.69, 9.17) is 5.73 Å². The van der Waals surface area contributed by atoms with Gasteiger partial charge in [-0.15, -0.1) is 24.0 Å². The molecule has 1 aromatic carbocycles. The molecular formula is C15H20F2IN3. The number of allylic oxidation sites excluding steroid dienone is 1.